The van der Waals surface area contributed by atoms with Crippen LogP contribution in [0, 0.1) is 0 Å². The fraction of sp³-hybridized carbons (Fsp3) is 0.467. The molecule has 2 heterocycles. The number of amides is 1. The fourth-order valence-electron chi connectivity index (χ4n) is 3.45. The topological polar surface area (TPSA) is 98.0 Å². The van der Waals surface area contributed by atoms with E-state index in [4.69, 9.17) is 0 Å². The van der Waals surface area contributed by atoms with Crippen LogP contribution in [0.2, 0.25) is 0 Å². The third kappa shape index (κ3) is 5.26. The molecule has 2 atom stereocenters. The predicted octanol–water partition coefficient (Wildman–Crippen LogP) is 3.90. The molecule has 33 heavy (non-hydrogen) atoms. The summed E-state index contributed by atoms with van der Waals surface area (Å²) >= 11 is 0.114. The predicted molar refractivity (Wildman–Crippen MR) is 91.9 cm³/mol. The van der Waals surface area contributed by atoms with Crippen molar-refractivity contribution in [2.75, 3.05) is 0 Å². The molecular formula is C15H9F9N2O5S2. The molecule has 1 aromatic carbocycles. The average Bonchev–Trinajstić information content (AvgIpc) is 2.91. The Morgan fingerprint density at radius 2 is 1.76 bits per heavy atom. The Morgan fingerprint density at radius 3 is 2.24 bits per heavy atom. The number of ether oxygens (including phenoxy) is 1. The summed E-state index contributed by atoms with van der Waals surface area (Å²) in [4.78, 5) is 13.0. The lowest BCUT2D eigenvalue weighted by Gasteiger charge is -2.31. The minimum absolute atomic E-state index is 0.114. The number of nitrogens with zero attached hydrogens (tertiary/aromatic N) is 2. The van der Waals surface area contributed by atoms with Crippen LogP contribution in [0.15, 0.2) is 17.1 Å². The van der Waals surface area contributed by atoms with Crippen molar-refractivity contribution in [1.29, 1.82) is 0 Å². The SMILES string of the molecule is O=C(N=c1sc2cc(OC(F)(F)F)cc3c2n1[C@H]([C@H](C(F)(F)F)S(=O)(=O)O)CC3)C(F)(F)F. The van der Waals surface area contributed by atoms with Crippen molar-refractivity contribution in [2.24, 2.45) is 4.99 Å². The summed E-state index contributed by atoms with van der Waals surface area (Å²) in [7, 11) is -5.87. The van der Waals surface area contributed by atoms with Gasteiger partial charge in [0.05, 0.1) is 16.3 Å². The molecule has 0 saturated heterocycles. The number of halogens is 9. The number of aryl methyl sites for hydroxylation is 1. The number of carbonyl (C=O) groups excluding carboxylic acids is 1. The van der Waals surface area contributed by atoms with Gasteiger partial charge in [-0.15, -0.1) is 13.2 Å². The van der Waals surface area contributed by atoms with E-state index in [1.54, 1.807) is 0 Å². The van der Waals surface area contributed by atoms with Crippen LogP contribution in [0.3, 0.4) is 0 Å². The van der Waals surface area contributed by atoms with Crippen molar-refractivity contribution in [3.05, 3.63) is 22.5 Å². The number of rotatable bonds is 3. The lowest BCUT2D eigenvalue weighted by atomic mass is 9.96. The Labute approximate surface area is 180 Å². The van der Waals surface area contributed by atoms with Gasteiger partial charge in [0.2, 0.25) is 5.25 Å². The van der Waals surface area contributed by atoms with Crippen LogP contribution in [0.5, 0.6) is 5.75 Å². The molecule has 2 aromatic rings. The minimum atomic E-state index is -5.87. The molecule has 18 heteroatoms. The monoisotopic (exact) mass is 532 g/mol. The van der Waals surface area contributed by atoms with Gasteiger partial charge in [-0.2, -0.15) is 39.8 Å². The van der Waals surface area contributed by atoms with Gasteiger partial charge in [0.1, 0.15) is 5.75 Å². The summed E-state index contributed by atoms with van der Waals surface area (Å²) in [5.74, 6) is -3.58. The van der Waals surface area contributed by atoms with E-state index in [-0.39, 0.29) is 27.1 Å². The van der Waals surface area contributed by atoms with E-state index in [1.165, 1.54) is 0 Å². The normalized spacial score (nSPS) is 19.1. The van der Waals surface area contributed by atoms with Gasteiger partial charge < -0.3 is 9.30 Å². The van der Waals surface area contributed by atoms with Crippen molar-refractivity contribution in [1.82, 2.24) is 4.57 Å². The lowest BCUT2D eigenvalue weighted by molar-refractivity contribution is -0.274. The first-order chi connectivity index (χ1) is 14.8. The quantitative estimate of drug-likeness (QED) is 0.478. The highest BCUT2D eigenvalue weighted by Crippen LogP contribution is 2.42. The molecule has 1 aliphatic heterocycles. The van der Waals surface area contributed by atoms with Gasteiger partial charge >= 0.3 is 24.6 Å². The maximum atomic E-state index is 13.5. The van der Waals surface area contributed by atoms with Crippen LogP contribution >= 0.6 is 11.3 Å². The minimum Gasteiger partial charge on any atom is -0.406 e. The fourth-order valence-corrected chi connectivity index (χ4v) is 5.60. The molecule has 1 amide bonds. The molecule has 0 saturated carbocycles. The van der Waals surface area contributed by atoms with Gasteiger partial charge in [-0.25, -0.2) is 0 Å². The second-order valence-electron chi connectivity index (χ2n) is 6.73. The number of carbonyl (C=O) groups is 1. The summed E-state index contributed by atoms with van der Waals surface area (Å²) in [5, 5.41) is -3.51. The van der Waals surface area contributed by atoms with E-state index < -0.39 is 69.4 Å². The van der Waals surface area contributed by atoms with Crippen molar-refractivity contribution in [3.8, 4) is 5.75 Å². The number of thiazole rings is 1. The van der Waals surface area contributed by atoms with E-state index in [0.29, 0.717) is 10.6 Å². The average molecular weight is 532 g/mol. The van der Waals surface area contributed by atoms with Crippen LogP contribution in [0.25, 0.3) is 10.2 Å². The summed E-state index contributed by atoms with van der Waals surface area (Å²) in [6.45, 7) is 0. The molecule has 0 radical (unpaired) electrons. The maximum Gasteiger partial charge on any atom is 0.573 e. The second kappa shape index (κ2) is 7.86. The number of alkyl halides is 9. The molecule has 184 valence electrons. The zero-order valence-corrected chi connectivity index (χ0v) is 17.0. The molecule has 1 N–H and O–H groups in total. The summed E-state index contributed by atoms with van der Waals surface area (Å²) in [6, 6.07) is -0.862. The van der Waals surface area contributed by atoms with Crippen molar-refractivity contribution in [2.45, 2.75) is 42.8 Å². The summed E-state index contributed by atoms with van der Waals surface area (Å²) < 4.78 is 152. The highest BCUT2D eigenvalue weighted by molar-refractivity contribution is 7.86. The van der Waals surface area contributed by atoms with Gasteiger partial charge in [0.15, 0.2) is 4.80 Å². The Balaban J connectivity index is 2.36. The van der Waals surface area contributed by atoms with Crippen molar-refractivity contribution >= 4 is 37.6 Å². The number of benzene rings is 1. The standard InChI is InChI=1S/C15H9F9N2O5S2/c16-13(17,18)10(33(28,29)30)7-2-1-5-3-6(31-15(22,23)24)4-8-9(5)26(7)12(32-8)25-11(27)14(19,20)21/h3-4,7,10H,1-2H2,(H,28,29,30)/t7-,10+/m0/s1. The number of aromatic nitrogens is 1. The molecule has 1 aliphatic rings. The maximum absolute atomic E-state index is 13.5. The first-order valence-electron chi connectivity index (χ1n) is 8.41. The van der Waals surface area contributed by atoms with E-state index >= 15 is 0 Å². The van der Waals surface area contributed by atoms with Gasteiger partial charge in [0.25, 0.3) is 10.1 Å². The third-order valence-corrected chi connectivity index (χ3v) is 6.71. The van der Waals surface area contributed by atoms with Gasteiger partial charge in [-0.3, -0.25) is 9.35 Å². The lowest BCUT2D eigenvalue weighted by Crippen LogP contribution is -2.46. The van der Waals surface area contributed by atoms with Gasteiger partial charge in [-0.05, 0) is 30.5 Å². The van der Waals surface area contributed by atoms with Gasteiger partial charge in [-0.1, -0.05) is 11.3 Å². The Morgan fingerprint density at radius 1 is 1.15 bits per heavy atom. The van der Waals surface area contributed by atoms with Crippen LogP contribution < -0.4 is 9.54 Å². The number of hydrogen-bond acceptors (Lipinski definition) is 5. The second-order valence-corrected chi connectivity index (χ2v) is 9.28. The highest BCUT2D eigenvalue weighted by Gasteiger charge is 2.54. The van der Waals surface area contributed by atoms with Crippen LogP contribution in [0.4, 0.5) is 39.5 Å². The molecule has 1 aromatic heterocycles. The summed E-state index contributed by atoms with van der Waals surface area (Å²) in [5.41, 5.74) is -0.506. The van der Waals surface area contributed by atoms with E-state index in [0.717, 1.165) is 6.07 Å². The molecular weight excluding hydrogens is 523 g/mol. The zero-order chi connectivity index (χ0) is 25.1. The molecule has 0 aliphatic carbocycles. The first-order valence-corrected chi connectivity index (χ1v) is 10.7. The molecule has 0 spiro atoms. The van der Waals surface area contributed by atoms with Crippen LogP contribution in [-0.4, -0.2) is 47.4 Å². The molecule has 0 unspecified atom stereocenters. The smallest absolute Gasteiger partial charge is 0.406 e. The molecule has 7 nitrogen and oxygen atoms in total. The summed E-state index contributed by atoms with van der Waals surface area (Å²) in [6.07, 6.45) is -17.6. The molecule has 0 fully saturated rings. The Hall–Kier alpha value is -2.34. The van der Waals surface area contributed by atoms with Crippen LogP contribution in [-0.2, 0) is 21.3 Å². The van der Waals surface area contributed by atoms with Crippen LogP contribution in [0.1, 0.15) is 18.0 Å². The van der Waals surface area contributed by atoms with E-state index in [2.05, 4.69) is 9.73 Å². The first kappa shape index (κ1) is 25.3. The Kier molecular flexibility index (Phi) is 6.03. The van der Waals surface area contributed by atoms with E-state index in [1.807, 2.05) is 0 Å². The highest BCUT2D eigenvalue weighted by atomic mass is 32.2. The van der Waals surface area contributed by atoms with Crippen molar-refractivity contribution in [3.63, 3.8) is 0 Å². The largest absolute Gasteiger partial charge is 0.573 e. The van der Waals surface area contributed by atoms with Gasteiger partial charge in [0, 0.05) is 0 Å². The van der Waals surface area contributed by atoms with Crippen molar-refractivity contribution < 1.29 is 62.0 Å². The van der Waals surface area contributed by atoms with E-state index in [9.17, 15) is 57.3 Å². The molecule has 3 rings (SSSR count). The third-order valence-electron chi connectivity index (χ3n) is 4.48. The zero-order valence-electron chi connectivity index (χ0n) is 15.4. The number of hydrogen-bond donors (Lipinski definition) is 1. The molecule has 0 bridgehead atoms. The Bertz CT molecular complexity index is 1270.